The Morgan fingerprint density at radius 2 is 1.65 bits per heavy atom. The monoisotopic (exact) mass is 429 g/mol. The average Bonchev–Trinajstić information content (AvgIpc) is 2.64. The Labute approximate surface area is 183 Å². The number of carbonyl (C=O) groups is 1. The molecule has 0 aliphatic carbocycles. The van der Waals surface area contributed by atoms with Gasteiger partial charge in [-0.15, -0.1) is 0 Å². The number of rotatable bonds is 9. The zero-order valence-corrected chi connectivity index (χ0v) is 18.9. The van der Waals surface area contributed by atoms with E-state index in [2.05, 4.69) is 19.2 Å². The van der Waals surface area contributed by atoms with Crippen molar-refractivity contribution in [3.8, 4) is 0 Å². The van der Waals surface area contributed by atoms with E-state index in [0.717, 1.165) is 30.5 Å². The summed E-state index contributed by atoms with van der Waals surface area (Å²) in [6.07, 6.45) is 1.63. The molecule has 0 aliphatic rings. The van der Waals surface area contributed by atoms with Crippen LogP contribution in [0.3, 0.4) is 0 Å². The summed E-state index contributed by atoms with van der Waals surface area (Å²) in [5, 5.41) is 10.7. The molecule has 2 unspecified atom stereocenters. The summed E-state index contributed by atoms with van der Waals surface area (Å²) in [4.78, 5) is 12.3. The van der Waals surface area contributed by atoms with Gasteiger partial charge in [0, 0.05) is 22.9 Å². The van der Waals surface area contributed by atoms with Gasteiger partial charge in [-0.1, -0.05) is 32.0 Å². The molecule has 4 nitrogen and oxygen atoms in total. The fraction of sp³-hybridized carbons (Fsp3) is 0.440. The first-order chi connectivity index (χ1) is 14.4. The standard InChI is InChI=1S/C25H33F2N3O/c1-15(2)18(14-20(16(3)28)25(4,5)29)13-17-9-11-19(12-10-17)30-24(31)23-21(26)7-6-8-22(23)27/h6-12,15,18,20,28H,13-14,29H2,1-5H3,(H,30,31). The van der Waals surface area contributed by atoms with E-state index in [-0.39, 0.29) is 5.92 Å². The Morgan fingerprint density at radius 1 is 1.10 bits per heavy atom. The molecular weight excluding hydrogens is 396 g/mol. The second kappa shape index (κ2) is 10.1. The molecule has 1 amide bonds. The molecule has 0 aliphatic heterocycles. The summed E-state index contributed by atoms with van der Waals surface area (Å²) < 4.78 is 27.6. The molecule has 0 saturated carbocycles. The van der Waals surface area contributed by atoms with Crippen LogP contribution in [0, 0.1) is 34.8 Å². The van der Waals surface area contributed by atoms with Gasteiger partial charge in [-0.05, 0) is 75.3 Å². The molecule has 4 N–H and O–H groups in total. The first kappa shape index (κ1) is 24.7. The molecule has 31 heavy (non-hydrogen) atoms. The minimum Gasteiger partial charge on any atom is -0.325 e. The number of nitrogens with one attached hydrogen (secondary N) is 2. The summed E-state index contributed by atoms with van der Waals surface area (Å²) in [5.41, 5.74) is 7.42. The zero-order valence-electron chi connectivity index (χ0n) is 18.9. The first-order valence-electron chi connectivity index (χ1n) is 10.6. The number of anilines is 1. The van der Waals surface area contributed by atoms with Gasteiger partial charge in [0.25, 0.3) is 5.91 Å². The van der Waals surface area contributed by atoms with Gasteiger partial charge in [-0.25, -0.2) is 8.78 Å². The summed E-state index contributed by atoms with van der Waals surface area (Å²) in [6, 6.07) is 10.6. The fourth-order valence-electron chi connectivity index (χ4n) is 3.87. The van der Waals surface area contributed by atoms with Gasteiger partial charge < -0.3 is 16.5 Å². The maximum atomic E-state index is 13.8. The summed E-state index contributed by atoms with van der Waals surface area (Å²) in [5.74, 6) is -1.87. The van der Waals surface area contributed by atoms with Crippen LogP contribution in [0.25, 0.3) is 0 Å². The van der Waals surface area contributed by atoms with Gasteiger partial charge in [-0.2, -0.15) is 0 Å². The molecule has 2 rings (SSSR count). The Hall–Kier alpha value is -2.60. The van der Waals surface area contributed by atoms with E-state index in [1.54, 1.807) is 12.1 Å². The highest BCUT2D eigenvalue weighted by Crippen LogP contribution is 2.30. The van der Waals surface area contributed by atoms with E-state index in [1.165, 1.54) is 6.07 Å². The lowest BCUT2D eigenvalue weighted by atomic mass is 9.74. The molecule has 2 atom stereocenters. The van der Waals surface area contributed by atoms with E-state index >= 15 is 0 Å². The molecule has 0 radical (unpaired) electrons. The highest BCUT2D eigenvalue weighted by atomic mass is 19.1. The van der Waals surface area contributed by atoms with Crippen molar-refractivity contribution in [2.45, 2.75) is 53.0 Å². The van der Waals surface area contributed by atoms with Crippen molar-refractivity contribution in [2.24, 2.45) is 23.5 Å². The maximum absolute atomic E-state index is 13.8. The van der Waals surface area contributed by atoms with Crippen molar-refractivity contribution >= 4 is 17.3 Å². The van der Waals surface area contributed by atoms with Crippen LogP contribution in [-0.4, -0.2) is 17.2 Å². The molecule has 0 spiro atoms. The van der Waals surface area contributed by atoms with Crippen LogP contribution in [0.5, 0.6) is 0 Å². The van der Waals surface area contributed by atoms with Crippen molar-refractivity contribution in [3.05, 3.63) is 65.2 Å². The lowest BCUT2D eigenvalue weighted by molar-refractivity contribution is 0.101. The quantitative estimate of drug-likeness (QED) is 0.440. The predicted octanol–water partition coefficient (Wildman–Crippen LogP) is 5.82. The molecule has 2 aromatic rings. The Balaban J connectivity index is 2.11. The summed E-state index contributed by atoms with van der Waals surface area (Å²) >= 11 is 0. The third-order valence-electron chi connectivity index (χ3n) is 5.80. The second-order valence-electron chi connectivity index (χ2n) is 9.25. The number of carbonyl (C=O) groups excluding carboxylic acids is 1. The minimum absolute atomic E-state index is 0.00544. The van der Waals surface area contributed by atoms with Gasteiger partial charge in [0.1, 0.15) is 17.2 Å². The van der Waals surface area contributed by atoms with Crippen LogP contribution >= 0.6 is 0 Å². The Bertz CT molecular complexity index is 897. The summed E-state index contributed by atoms with van der Waals surface area (Å²) in [7, 11) is 0. The van der Waals surface area contributed by atoms with Crippen molar-refractivity contribution in [3.63, 3.8) is 0 Å². The molecule has 168 valence electrons. The van der Waals surface area contributed by atoms with E-state index < -0.39 is 28.6 Å². The molecule has 0 heterocycles. The number of amides is 1. The normalized spacial score (nSPS) is 13.7. The highest BCUT2D eigenvalue weighted by molar-refractivity contribution is 6.04. The number of nitrogens with two attached hydrogens (primary N) is 1. The predicted molar refractivity (Wildman–Crippen MR) is 123 cm³/mol. The molecule has 2 aromatic carbocycles. The van der Waals surface area contributed by atoms with E-state index in [1.807, 2.05) is 32.9 Å². The Kier molecular flexibility index (Phi) is 8.07. The first-order valence-corrected chi connectivity index (χ1v) is 10.6. The van der Waals surface area contributed by atoms with Gasteiger partial charge in [0.15, 0.2) is 0 Å². The van der Waals surface area contributed by atoms with Crippen molar-refractivity contribution < 1.29 is 13.6 Å². The van der Waals surface area contributed by atoms with Gasteiger partial charge in [0.05, 0.1) is 0 Å². The third-order valence-corrected chi connectivity index (χ3v) is 5.80. The largest absolute Gasteiger partial charge is 0.325 e. The van der Waals surface area contributed by atoms with Crippen molar-refractivity contribution in [2.75, 3.05) is 5.32 Å². The van der Waals surface area contributed by atoms with Crippen molar-refractivity contribution in [1.82, 2.24) is 0 Å². The minimum atomic E-state index is -0.896. The van der Waals surface area contributed by atoms with Crippen LogP contribution < -0.4 is 11.1 Å². The number of hydrogen-bond acceptors (Lipinski definition) is 3. The molecular formula is C25H33F2N3O. The topological polar surface area (TPSA) is 79.0 Å². The average molecular weight is 430 g/mol. The number of hydrogen-bond donors (Lipinski definition) is 3. The number of halogens is 2. The second-order valence-corrected chi connectivity index (χ2v) is 9.25. The van der Waals surface area contributed by atoms with E-state index in [0.29, 0.717) is 23.2 Å². The van der Waals surface area contributed by atoms with Crippen LogP contribution in [0.2, 0.25) is 0 Å². The number of benzene rings is 2. The van der Waals surface area contributed by atoms with E-state index in [9.17, 15) is 13.6 Å². The summed E-state index contributed by atoms with van der Waals surface area (Å²) in [6.45, 7) is 10.1. The fourth-order valence-corrected chi connectivity index (χ4v) is 3.87. The smallest absolute Gasteiger partial charge is 0.261 e. The molecule has 0 bridgehead atoms. The van der Waals surface area contributed by atoms with Gasteiger partial charge >= 0.3 is 0 Å². The zero-order chi connectivity index (χ0) is 23.3. The van der Waals surface area contributed by atoms with Gasteiger partial charge in [0.2, 0.25) is 0 Å². The lowest BCUT2D eigenvalue weighted by Crippen LogP contribution is -2.45. The molecule has 0 aromatic heterocycles. The lowest BCUT2D eigenvalue weighted by Gasteiger charge is -2.34. The Morgan fingerprint density at radius 3 is 2.10 bits per heavy atom. The molecule has 6 heteroatoms. The van der Waals surface area contributed by atoms with Crippen molar-refractivity contribution in [1.29, 1.82) is 5.41 Å². The molecule has 0 fully saturated rings. The molecule has 0 saturated heterocycles. The van der Waals surface area contributed by atoms with Gasteiger partial charge in [-0.3, -0.25) is 4.79 Å². The van der Waals surface area contributed by atoms with Crippen LogP contribution in [-0.2, 0) is 6.42 Å². The highest BCUT2D eigenvalue weighted by Gasteiger charge is 2.30. The van der Waals surface area contributed by atoms with E-state index in [4.69, 9.17) is 11.1 Å². The van der Waals surface area contributed by atoms with Crippen LogP contribution in [0.1, 0.15) is 57.0 Å². The SMILES string of the molecule is CC(=N)C(CC(Cc1ccc(NC(=O)c2c(F)cccc2F)cc1)C(C)C)C(C)(C)N. The third kappa shape index (κ3) is 6.69. The van der Waals surface area contributed by atoms with Crippen LogP contribution in [0.4, 0.5) is 14.5 Å². The maximum Gasteiger partial charge on any atom is 0.261 e. The van der Waals surface area contributed by atoms with Crippen LogP contribution in [0.15, 0.2) is 42.5 Å².